The Labute approximate surface area is 72.7 Å². The number of carbonyl (C=O) groups is 1. The van der Waals surface area contributed by atoms with E-state index in [0.29, 0.717) is 17.5 Å². The van der Waals surface area contributed by atoms with Crippen molar-refractivity contribution in [1.29, 1.82) is 0 Å². The van der Waals surface area contributed by atoms with Gasteiger partial charge in [0.25, 0.3) is 0 Å². The van der Waals surface area contributed by atoms with Crippen LogP contribution < -0.4 is 11.1 Å². The molecule has 2 unspecified atom stereocenters. The summed E-state index contributed by atoms with van der Waals surface area (Å²) in [6, 6.07) is 0.710. The molecule has 0 aromatic heterocycles. The number of hydrogen-bond acceptors (Lipinski definition) is 2. The lowest BCUT2D eigenvalue weighted by Gasteiger charge is -2.60. The van der Waals surface area contributed by atoms with E-state index in [1.165, 1.54) is 19.3 Å². The van der Waals surface area contributed by atoms with E-state index in [9.17, 15) is 4.79 Å². The molecule has 3 heteroatoms. The van der Waals surface area contributed by atoms with Gasteiger partial charge in [0.05, 0.1) is 0 Å². The van der Waals surface area contributed by atoms with Gasteiger partial charge >= 0.3 is 0 Å². The second-order valence-corrected chi connectivity index (χ2v) is 4.18. The van der Waals surface area contributed by atoms with E-state index in [1.54, 1.807) is 6.92 Å². The highest BCUT2D eigenvalue weighted by atomic mass is 16.1. The van der Waals surface area contributed by atoms with E-state index in [0.717, 1.165) is 6.42 Å². The molecule has 12 heavy (non-hydrogen) atoms. The molecule has 2 rings (SSSR count). The lowest BCUT2D eigenvalue weighted by Crippen LogP contribution is -2.69. The average molecular weight is 168 g/mol. The second kappa shape index (κ2) is 2.46. The molecule has 0 heterocycles. The van der Waals surface area contributed by atoms with Gasteiger partial charge in [-0.1, -0.05) is 6.42 Å². The highest BCUT2D eigenvalue weighted by molar-refractivity contribution is 5.73. The van der Waals surface area contributed by atoms with Gasteiger partial charge in [0.2, 0.25) is 5.91 Å². The Kier molecular flexibility index (Phi) is 1.65. The topological polar surface area (TPSA) is 55.1 Å². The summed E-state index contributed by atoms with van der Waals surface area (Å²) >= 11 is 0. The average Bonchev–Trinajstić information content (AvgIpc) is 1.81. The molecule has 2 fully saturated rings. The fraction of sp³-hybridized carbons (Fsp3) is 0.889. The van der Waals surface area contributed by atoms with Crippen molar-refractivity contribution in [2.75, 3.05) is 0 Å². The maximum absolute atomic E-state index is 10.8. The van der Waals surface area contributed by atoms with Crippen LogP contribution in [0, 0.1) is 5.41 Å². The monoisotopic (exact) mass is 168 g/mol. The quantitative estimate of drug-likeness (QED) is 0.595. The molecule has 2 aliphatic carbocycles. The summed E-state index contributed by atoms with van der Waals surface area (Å²) in [6.45, 7) is 1.58. The number of nitrogens with two attached hydrogens (primary N) is 1. The zero-order chi connectivity index (χ0) is 8.77. The molecule has 0 aromatic rings. The molecule has 0 aliphatic heterocycles. The van der Waals surface area contributed by atoms with E-state index in [2.05, 4.69) is 5.32 Å². The van der Waals surface area contributed by atoms with Gasteiger partial charge < -0.3 is 11.1 Å². The number of rotatable bonds is 1. The highest BCUT2D eigenvalue weighted by Crippen LogP contribution is 2.54. The largest absolute Gasteiger partial charge is 0.353 e. The van der Waals surface area contributed by atoms with Crippen LogP contribution in [-0.2, 0) is 4.79 Å². The van der Waals surface area contributed by atoms with Crippen molar-refractivity contribution >= 4 is 5.91 Å². The zero-order valence-electron chi connectivity index (χ0n) is 7.47. The molecule has 0 aromatic carbocycles. The first-order valence-corrected chi connectivity index (χ1v) is 4.68. The summed E-state index contributed by atoms with van der Waals surface area (Å²) in [5.74, 6) is 0.0816. The molecule has 2 aliphatic rings. The van der Waals surface area contributed by atoms with Crippen LogP contribution in [0.3, 0.4) is 0 Å². The van der Waals surface area contributed by atoms with Gasteiger partial charge in [-0.15, -0.1) is 0 Å². The maximum Gasteiger partial charge on any atom is 0.217 e. The molecule has 68 valence electrons. The Morgan fingerprint density at radius 3 is 2.58 bits per heavy atom. The van der Waals surface area contributed by atoms with Crippen molar-refractivity contribution < 1.29 is 4.79 Å². The van der Waals surface area contributed by atoms with Crippen LogP contribution in [0.15, 0.2) is 0 Å². The third kappa shape index (κ3) is 0.891. The van der Waals surface area contributed by atoms with E-state index in [1.807, 2.05) is 0 Å². The van der Waals surface area contributed by atoms with E-state index in [-0.39, 0.29) is 5.91 Å². The Morgan fingerprint density at radius 1 is 1.58 bits per heavy atom. The number of nitrogens with one attached hydrogen (secondary N) is 1. The predicted molar refractivity (Wildman–Crippen MR) is 46.5 cm³/mol. The van der Waals surface area contributed by atoms with Crippen molar-refractivity contribution in [2.24, 2.45) is 11.1 Å². The summed E-state index contributed by atoms with van der Waals surface area (Å²) in [5, 5.41) is 2.98. The second-order valence-electron chi connectivity index (χ2n) is 4.18. The van der Waals surface area contributed by atoms with Gasteiger partial charge in [0, 0.05) is 24.4 Å². The number of hydrogen-bond donors (Lipinski definition) is 2. The molecule has 0 radical (unpaired) electrons. The minimum atomic E-state index is 0.0816. The molecule has 3 nitrogen and oxygen atoms in total. The fourth-order valence-electron chi connectivity index (χ4n) is 2.57. The summed E-state index contributed by atoms with van der Waals surface area (Å²) in [7, 11) is 0. The molecular formula is C9H16N2O. The van der Waals surface area contributed by atoms with Gasteiger partial charge in [-0.25, -0.2) is 0 Å². The van der Waals surface area contributed by atoms with Crippen molar-refractivity contribution in [3.63, 3.8) is 0 Å². The molecule has 0 saturated heterocycles. The Bertz CT molecular complexity index is 211. The molecule has 1 spiro atoms. The van der Waals surface area contributed by atoms with Crippen LogP contribution in [0.5, 0.6) is 0 Å². The summed E-state index contributed by atoms with van der Waals surface area (Å²) in [6.07, 6.45) is 4.67. The highest BCUT2D eigenvalue weighted by Gasteiger charge is 2.56. The predicted octanol–water partition coefficient (Wildman–Crippen LogP) is 0.392. The summed E-state index contributed by atoms with van der Waals surface area (Å²) in [4.78, 5) is 10.8. The third-order valence-corrected chi connectivity index (χ3v) is 3.58. The van der Waals surface area contributed by atoms with Crippen molar-refractivity contribution in [1.82, 2.24) is 5.32 Å². The van der Waals surface area contributed by atoms with Gasteiger partial charge in [0.1, 0.15) is 0 Å². The molecule has 1 amide bonds. The van der Waals surface area contributed by atoms with Crippen molar-refractivity contribution in [2.45, 2.75) is 44.7 Å². The minimum Gasteiger partial charge on any atom is -0.353 e. The van der Waals surface area contributed by atoms with Gasteiger partial charge in [-0.05, 0) is 19.3 Å². The van der Waals surface area contributed by atoms with Crippen LogP contribution in [0.25, 0.3) is 0 Å². The Balaban J connectivity index is 1.97. The molecule has 0 bridgehead atoms. The molecule has 3 N–H and O–H groups in total. The number of amides is 1. The van der Waals surface area contributed by atoms with Gasteiger partial charge in [0.15, 0.2) is 0 Å². The summed E-state index contributed by atoms with van der Waals surface area (Å²) < 4.78 is 0. The lowest BCUT2D eigenvalue weighted by atomic mass is 9.50. The number of carbonyl (C=O) groups excluding carboxylic acids is 1. The molecule has 2 saturated carbocycles. The zero-order valence-corrected chi connectivity index (χ0v) is 7.47. The van der Waals surface area contributed by atoms with Gasteiger partial charge in [-0.3, -0.25) is 4.79 Å². The standard InChI is InChI=1S/C9H16N2O/c1-6(12)11-8-5-7(10)9(8)3-2-4-9/h7-8H,2-5,10H2,1H3,(H,11,12). The first-order valence-electron chi connectivity index (χ1n) is 4.68. The van der Waals surface area contributed by atoms with Crippen molar-refractivity contribution in [3.05, 3.63) is 0 Å². The van der Waals surface area contributed by atoms with Crippen LogP contribution >= 0.6 is 0 Å². The van der Waals surface area contributed by atoms with E-state index >= 15 is 0 Å². The smallest absolute Gasteiger partial charge is 0.217 e. The van der Waals surface area contributed by atoms with Crippen LogP contribution in [0.4, 0.5) is 0 Å². The summed E-state index contributed by atoms with van der Waals surface area (Å²) in [5.41, 5.74) is 6.23. The third-order valence-electron chi connectivity index (χ3n) is 3.58. The molecule has 2 atom stereocenters. The van der Waals surface area contributed by atoms with E-state index < -0.39 is 0 Å². The van der Waals surface area contributed by atoms with Crippen molar-refractivity contribution in [3.8, 4) is 0 Å². The SMILES string of the molecule is CC(=O)NC1CC(N)C12CCC2. The Hall–Kier alpha value is -0.570. The Morgan fingerprint density at radius 2 is 2.25 bits per heavy atom. The lowest BCUT2D eigenvalue weighted by molar-refractivity contribution is -0.125. The fourth-order valence-corrected chi connectivity index (χ4v) is 2.57. The first-order chi connectivity index (χ1) is 5.65. The first kappa shape index (κ1) is 8.05. The van der Waals surface area contributed by atoms with E-state index in [4.69, 9.17) is 5.73 Å². The normalized spacial score (nSPS) is 36.8. The van der Waals surface area contributed by atoms with Crippen LogP contribution in [0.1, 0.15) is 32.6 Å². The minimum absolute atomic E-state index is 0.0816. The maximum atomic E-state index is 10.8. The van der Waals surface area contributed by atoms with Crippen LogP contribution in [-0.4, -0.2) is 18.0 Å². The molecular weight excluding hydrogens is 152 g/mol. The van der Waals surface area contributed by atoms with Gasteiger partial charge in [-0.2, -0.15) is 0 Å². The van der Waals surface area contributed by atoms with Crippen LogP contribution in [0.2, 0.25) is 0 Å².